The van der Waals surface area contributed by atoms with Crippen molar-refractivity contribution < 1.29 is 13.5 Å². The van der Waals surface area contributed by atoms with Crippen LogP contribution < -0.4 is 4.74 Å². The van der Waals surface area contributed by atoms with Crippen LogP contribution in [0, 0.1) is 3.57 Å². The smallest absolute Gasteiger partial charge is 0.424 e. The van der Waals surface area contributed by atoms with Crippen LogP contribution in [0.2, 0.25) is 0 Å². The average Bonchev–Trinajstić information content (AvgIpc) is 1.91. The highest BCUT2D eigenvalue weighted by Gasteiger charge is 2.26. The van der Waals surface area contributed by atoms with E-state index in [4.69, 9.17) is 0 Å². The summed E-state index contributed by atoms with van der Waals surface area (Å²) in [4.78, 5) is 0. The van der Waals surface area contributed by atoms with Crippen molar-refractivity contribution in [1.29, 1.82) is 0 Å². The molecule has 0 saturated carbocycles. The molecule has 1 aromatic carbocycles. The van der Waals surface area contributed by atoms with Gasteiger partial charge in [0.05, 0.1) is 26.2 Å². The first-order chi connectivity index (χ1) is 5.49. The van der Waals surface area contributed by atoms with Crippen LogP contribution >= 0.6 is 45.2 Å². The highest BCUT2D eigenvalue weighted by Crippen LogP contribution is 2.30. The minimum absolute atomic E-state index is 0.206. The van der Waals surface area contributed by atoms with Gasteiger partial charge in [-0.1, -0.05) is 12.1 Å². The molecule has 0 amide bonds. The molecule has 0 bridgehead atoms. The molecular weight excluding hydrogens is 392 g/mol. The second kappa shape index (κ2) is 4.03. The van der Waals surface area contributed by atoms with E-state index in [1.165, 1.54) is 6.07 Å². The zero-order valence-corrected chi connectivity index (χ0v) is 10.0. The topological polar surface area (TPSA) is 9.23 Å². The van der Waals surface area contributed by atoms with Gasteiger partial charge in [-0.25, -0.2) is 0 Å². The van der Waals surface area contributed by atoms with Crippen molar-refractivity contribution >= 4 is 45.2 Å². The summed E-state index contributed by atoms with van der Waals surface area (Å²) in [5.41, 5.74) is 0. The highest BCUT2D eigenvalue weighted by molar-refractivity contribution is 14.1. The van der Waals surface area contributed by atoms with Gasteiger partial charge in [0.1, 0.15) is 5.75 Å². The summed E-state index contributed by atoms with van der Waals surface area (Å²) in [5, 5.41) is 0. The summed E-state index contributed by atoms with van der Waals surface area (Å²) in [5.74, 6) is 0.206. The van der Waals surface area contributed by atoms with Crippen molar-refractivity contribution in [3.63, 3.8) is 0 Å². The number of alkyl halides is 3. The number of ether oxygens (including phenoxy) is 1. The maximum absolute atomic E-state index is 12.3. The zero-order valence-electron chi connectivity index (χ0n) is 5.73. The van der Waals surface area contributed by atoms with Crippen molar-refractivity contribution in [3.05, 3.63) is 27.8 Å². The van der Waals surface area contributed by atoms with Crippen LogP contribution in [0.5, 0.6) is 5.75 Å². The summed E-state index contributed by atoms with van der Waals surface area (Å²) in [6.07, 6.45) is 0. The Morgan fingerprint density at radius 1 is 1.25 bits per heavy atom. The Balaban J connectivity index is 2.83. The van der Waals surface area contributed by atoms with Crippen LogP contribution in [-0.4, -0.2) is 4.12 Å². The first-order valence-electron chi connectivity index (χ1n) is 2.99. The van der Waals surface area contributed by atoms with Crippen LogP contribution in [-0.2, 0) is 0 Å². The van der Waals surface area contributed by atoms with Crippen LogP contribution in [0.15, 0.2) is 24.3 Å². The summed E-state index contributed by atoms with van der Waals surface area (Å²) < 4.78 is 26.6. The Labute approximate surface area is 95.8 Å². The molecule has 66 valence electrons. The third-order valence-electron chi connectivity index (χ3n) is 1.06. The molecule has 0 saturated heterocycles. The third-order valence-corrected chi connectivity index (χ3v) is 2.17. The minimum Gasteiger partial charge on any atom is -0.424 e. The number of para-hydroxylation sites is 1. The van der Waals surface area contributed by atoms with Crippen LogP contribution in [0.1, 0.15) is 0 Å². The van der Waals surface area contributed by atoms with Gasteiger partial charge in [0.25, 0.3) is 0 Å². The van der Waals surface area contributed by atoms with Gasteiger partial charge in [-0.15, -0.1) is 0 Å². The molecule has 0 unspecified atom stereocenters. The van der Waals surface area contributed by atoms with E-state index in [2.05, 4.69) is 4.74 Å². The average molecular weight is 396 g/mol. The minimum atomic E-state index is -3.14. The normalized spacial score (nSPS) is 11.3. The highest BCUT2D eigenvalue weighted by atomic mass is 127. The van der Waals surface area contributed by atoms with E-state index in [0.717, 1.165) is 22.6 Å². The molecule has 0 radical (unpaired) electrons. The first-order valence-corrected chi connectivity index (χ1v) is 5.15. The van der Waals surface area contributed by atoms with E-state index < -0.39 is 4.12 Å². The SMILES string of the molecule is FC(F)(I)Oc1ccccc1I. The van der Waals surface area contributed by atoms with Gasteiger partial charge < -0.3 is 4.74 Å². The monoisotopic (exact) mass is 396 g/mol. The molecule has 0 aliphatic rings. The maximum Gasteiger partial charge on any atom is 0.451 e. The van der Waals surface area contributed by atoms with Crippen LogP contribution in [0.25, 0.3) is 0 Å². The van der Waals surface area contributed by atoms with Gasteiger partial charge in [-0.2, -0.15) is 8.78 Å². The van der Waals surface area contributed by atoms with Crippen molar-refractivity contribution in [2.75, 3.05) is 0 Å². The molecule has 0 spiro atoms. The third kappa shape index (κ3) is 3.38. The summed E-state index contributed by atoms with van der Waals surface area (Å²) in [6, 6.07) is 6.63. The fourth-order valence-corrected chi connectivity index (χ4v) is 1.39. The van der Waals surface area contributed by atoms with E-state index in [0.29, 0.717) is 3.57 Å². The van der Waals surface area contributed by atoms with Crippen molar-refractivity contribution in [2.45, 2.75) is 4.12 Å². The quantitative estimate of drug-likeness (QED) is 0.548. The van der Waals surface area contributed by atoms with Gasteiger partial charge >= 0.3 is 4.12 Å². The van der Waals surface area contributed by atoms with Crippen LogP contribution in [0.3, 0.4) is 0 Å². The number of halogens is 4. The fourth-order valence-electron chi connectivity index (χ4n) is 0.652. The lowest BCUT2D eigenvalue weighted by atomic mass is 10.3. The Morgan fingerprint density at radius 2 is 1.83 bits per heavy atom. The Morgan fingerprint density at radius 3 is 2.33 bits per heavy atom. The molecule has 0 aromatic heterocycles. The van der Waals surface area contributed by atoms with E-state index in [1.54, 1.807) is 18.2 Å². The Hall–Kier alpha value is 0.340. The number of hydrogen-bond acceptors (Lipinski definition) is 1. The number of rotatable bonds is 2. The second-order valence-corrected chi connectivity index (χ2v) is 4.40. The number of benzene rings is 1. The van der Waals surface area contributed by atoms with Crippen molar-refractivity contribution in [3.8, 4) is 5.75 Å². The molecule has 5 heteroatoms. The molecule has 0 aliphatic carbocycles. The van der Waals surface area contributed by atoms with Gasteiger partial charge in [0.2, 0.25) is 0 Å². The predicted molar refractivity (Wildman–Crippen MR) is 58.8 cm³/mol. The van der Waals surface area contributed by atoms with E-state index in [-0.39, 0.29) is 5.75 Å². The van der Waals surface area contributed by atoms with E-state index in [1.807, 2.05) is 22.6 Å². The Bertz CT molecular complexity index is 272. The fraction of sp³-hybridized carbons (Fsp3) is 0.143. The van der Waals surface area contributed by atoms with Gasteiger partial charge in [-0.05, 0) is 34.7 Å². The molecule has 1 nitrogen and oxygen atoms in total. The summed E-state index contributed by atoms with van der Waals surface area (Å²) in [7, 11) is 0. The molecular formula is C7H4F2I2O. The molecule has 0 heterocycles. The largest absolute Gasteiger partial charge is 0.451 e. The van der Waals surface area contributed by atoms with E-state index >= 15 is 0 Å². The lowest BCUT2D eigenvalue weighted by Gasteiger charge is -2.11. The maximum atomic E-state index is 12.3. The number of hydrogen-bond donors (Lipinski definition) is 0. The van der Waals surface area contributed by atoms with Crippen molar-refractivity contribution in [1.82, 2.24) is 0 Å². The predicted octanol–water partition coefficient (Wildman–Crippen LogP) is 3.66. The lowest BCUT2D eigenvalue weighted by molar-refractivity contribution is -0.0697. The summed E-state index contributed by atoms with van der Waals surface area (Å²) in [6.45, 7) is 0. The first kappa shape index (κ1) is 10.4. The van der Waals surface area contributed by atoms with Crippen molar-refractivity contribution in [2.24, 2.45) is 0 Å². The molecule has 1 aromatic rings. The molecule has 1 rings (SSSR count). The molecule has 0 fully saturated rings. The van der Waals surface area contributed by atoms with Gasteiger partial charge in [0, 0.05) is 0 Å². The Kier molecular flexibility index (Phi) is 3.50. The van der Waals surface area contributed by atoms with E-state index in [9.17, 15) is 8.78 Å². The standard InChI is InChI=1S/C7H4F2I2O/c8-7(9,11)12-6-4-2-1-3-5(6)10/h1-4H. The van der Waals surface area contributed by atoms with Gasteiger partial charge in [-0.3, -0.25) is 0 Å². The summed E-state index contributed by atoms with van der Waals surface area (Å²) >= 11 is 2.88. The molecule has 0 N–H and O–H groups in total. The molecule has 0 atom stereocenters. The molecule has 12 heavy (non-hydrogen) atoms. The van der Waals surface area contributed by atoms with Gasteiger partial charge in [0.15, 0.2) is 0 Å². The lowest BCUT2D eigenvalue weighted by Crippen LogP contribution is -2.15. The zero-order chi connectivity index (χ0) is 9.19. The van der Waals surface area contributed by atoms with Crippen LogP contribution in [0.4, 0.5) is 8.78 Å². The second-order valence-electron chi connectivity index (χ2n) is 1.98. The molecule has 0 aliphatic heterocycles.